The first-order valence-electron chi connectivity index (χ1n) is 8.23. The van der Waals surface area contributed by atoms with Crippen LogP contribution in [0.15, 0.2) is 35.7 Å². The van der Waals surface area contributed by atoms with Crippen molar-refractivity contribution >= 4 is 41.5 Å². The quantitative estimate of drug-likeness (QED) is 0.415. The van der Waals surface area contributed by atoms with Crippen LogP contribution in [0.25, 0.3) is 0 Å². The van der Waals surface area contributed by atoms with E-state index in [9.17, 15) is 4.79 Å². The smallest absolute Gasteiger partial charge is 0.246 e. The largest absolute Gasteiger partial charge is 0.351 e. The molecule has 3 rings (SSSR count). The molecular formula is C17H24IN7O. The predicted octanol–water partition coefficient (Wildman–Crippen LogP) is 1.17. The molecule has 0 aliphatic carbocycles. The Balaban J connectivity index is 0.00000243. The predicted molar refractivity (Wildman–Crippen MR) is 112 cm³/mol. The van der Waals surface area contributed by atoms with Crippen molar-refractivity contribution in [2.24, 2.45) is 12.0 Å². The number of rotatable bonds is 3. The minimum Gasteiger partial charge on any atom is -0.351 e. The molecule has 0 aromatic carbocycles. The number of pyridine rings is 1. The minimum absolute atomic E-state index is 0. The molecule has 0 unspecified atom stereocenters. The molecule has 140 valence electrons. The Morgan fingerprint density at radius 1 is 1.38 bits per heavy atom. The zero-order valence-electron chi connectivity index (χ0n) is 15.2. The Kier molecular flexibility index (Phi) is 6.95. The number of hydrogen-bond donors (Lipinski definition) is 1. The lowest BCUT2D eigenvalue weighted by atomic mass is 10.2. The number of anilines is 1. The molecule has 0 bridgehead atoms. The highest BCUT2D eigenvalue weighted by Gasteiger charge is 2.27. The third kappa shape index (κ3) is 4.51. The highest BCUT2D eigenvalue weighted by Crippen LogP contribution is 2.16. The Bertz CT molecular complexity index is 789. The zero-order chi connectivity index (χ0) is 17.8. The molecule has 26 heavy (non-hydrogen) atoms. The Morgan fingerprint density at radius 3 is 2.81 bits per heavy atom. The number of amides is 1. The molecular weight excluding hydrogens is 445 g/mol. The van der Waals surface area contributed by atoms with Crippen LogP contribution in [-0.4, -0.2) is 58.2 Å². The fourth-order valence-electron chi connectivity index (χ4n) is 2.87. The van der Waals surface area contributed by atoms with E-state index in [2.05, 4.69) is 20.4 Å². The summed E-state index contributed by atoms with van der Waals surface area (Å²) in [5.74, 6) is 0.750. The van der Waals surface area contributed by atoms with Gasteiger partial charge in [0.15, 0.2) is 5.96 Å². The second-order valence-electron chi connectivity index (χ2n) is 6.01. The van der Waals surface area contributed by atoms with Gasteiger partial charge in [-0.2, -0.15) is 5.10 Å². The molecule has 3 heterocycles. The van der Waals surface area contributed by atoms with Gasteiger partial charge in [-0.05, 0) is 18.6 Å². The SMILES string of the molecule is CN=C(NCc1ncccc1C)N1CCN(c2cnn(C)c2)C(=O)C1.I. The van der Waals surface area contributed by atoms with Crippen molar-refractivity contribution < 1.29 is 4.79 Å². The summed E-state index contributed by atoms with van der Waals surface area (Å²) >= 11 is 0. The molecule has 0 radical (unpaired) electrons. The van der Waals surface area contributed by atoms with Crippen molar-refractivity contribution in [3.05, 3.63) is 42.0 Å². The van der Waals surface area contributed by atoms with E-state index in [4.69, 9.17) is 0 Å². The van der Waals surface area contributed by atoms with Crippen LogP contribution in [0.2, 0.25) is 0 Å². The molecule has 1 aliphatic heterocycles. The lowest BCUT2D eigenvalue weighted by Crippen LogP contribution is -2.55. The van der Waals surface area contributed by atoms with Crippen LogP contribution in [0.3, 0.4) is 0 Å². The van der Waals surface area contributed by atoms with Crippen molar-refractivity contribution in [2.75, 3.05) is 31.6 Å². The molecule has 1 amide bonds. The zero-order valence-corrected chi connectivity index (χ0v) is 17.5. The maximum absolute atomic E-state index is 12.5. The molecule has 0 spiro atoms. The number of piperazine rings is 1. The number of halogens is 1. The number of aryl methyl sites for hydroxylation is 2. The second-order valence-corrected chi connectivity index (χ2v) is 6.01. The summed E-state index contributed by atoms with van der Waals surface area (Å²) in [6, 6.07) is 3.95. The molecule has 1 aliphatic rings. The van der Waals surface area contributed by atoms with Crippen molar-refractivity contribution in [2.45, 2.75) is 13.5 Å². The van der Waals surface area contributed by atoms with E-state index in [1.54, 1.807) is 29.0 Å². The number of guanidine groups is 1. The molecule has 0 atom stereocenters. The van der Waals surface area contributed by atoms with Gasteiger partial charge in [0.05, 0.1) is 24.1 Å². The lowest BCUT2D eigenvalue weighted by Gasteiger charge is -2.35. The van der Waals surface area contributed by atoms with Crippen molar-refractivity contribution in [1.29, 1.82) is 0 Å². The fourth-order valence-corrected chi connectivity index (χ4v) is 2.87. The summed E-state index contributed by atoms with van der Waals surface area (Å²) in [7, 11) is 3.57. The summed E-state index contributed by atoms with van der Waals surface area (Å²) in [6.45, 7) is 4.21. The molecule has 1 saturated heterocycles. The standard InChI is InChI=1S/C17H23N7O.HI/c1-13-5-4-6-19-15(13)10-20-17(18-2)23-7-8-24(16(25)12-23)14-9-21-22(3)11-14;/h4-6,9,11H,7-8,10,12H2,1-3H3,(H,18,20);1H. The summed E-state index contributed by atoms with van der Waals surface area (Å²) < 4.78 is 1.70. The topological polar surface area (TPSA) is 78.7 Å². The highest BCUT2D eigenvalue weighted by atomic mass is 127. The summed E-state index contributed by atoms with van der Waals surface area (Å²) in [5, 5.41) is 7.44. The van der Waals surface area contributed by atoms with E-state index < -0.39 is 0 Å². The Labute approximate surface area is 170 Å². The fraction of sp³-hybridized carbons (Fsp3) is 0.412. The molecule has 0 saturated carbocycles. The summed E-state index contributed by atoms with van der Waals surface area (Å²) in [4.78, 5) is 24.9. The van der Waals surface area contributed by atoms with Crippen LogP contribution >= 0.6 is 24.0 Å². The summed E-state index contributed by atoms with van der Waals surface area (Å²) in [5.41, 5.74) is 2.94. The number of carbonyl (C=O) groups excluding carboxylic acids is 1. The molecule has 2 aromatic rings. The average Bonchev–Trinajstić information content (AvgIpc) is 3.03. The van der Waals surface area contributed by atoms with Crippen LogP contribution in [0.4, 0.5) is 5.69 Å². The third-order valence-electron chi connectivity index (χ3n) is 4.27. The van der Waals surface area contributed by atoms with Crippen LogP contribution < -0.4 is 10.2 Å². The van der Waals surface area contributed by atoms with Crippen LogP contribution in [-0.2, 0) is 18.4 Å². The Morgan fingerprint density at radius 2 is 2.19 bits per heavy atom. The number of aliphatic imine (C=N–C) groups is 1. The van der Waals surface area contributed by atoms with Gasteiger partial charge < -0.3 is 15.1 Å². The van der Waals surface area contributed by atoms with Gasteiger partial charge in [0.1, 0.15) is 6.54 Å². The average molecular weight is 469 g/mol. The van der Waals surface area contributed by atoms with Gasteiger partial charge in [0, 0.05) is 39.6 Å². The molecule has 1 fully saturated rings. The van der Waals surface area contributed by atoms with E-state index in [1.807, 2.05) is 37.2 Å². The van der Waals surface area contributed by atoms with Gasteiger partial charge in [0.2, 0.25) is 5.91 Å². The first kappa shape index (κ1) is 20.1. The van der Waals surface area contributed by atoms with E-state index in [0.717, 1.165) is 16.9 Å². The van der Waals surface area contributed by atoms with Crippen molar-refractivity contribution in [1.82, 2.24) is 25.0 Å². The highest BCUT2D eigenvalue weighted by molar-refractivity contribution is 14.0. The number of nitrogens with zero attached hydrogens (tertiary/aromatic N) is 6. The van der Waals surface area contributed by atoms with Crippen molar-refractivity contribution in [3.63, 3.8) is 0 Å². The van der Waals surface area contributed by atoms with Crippen LogP contribution in [0.1, 0.15) is 11.3 Å². The van der Waals surface area contributed by atoms with Gasteiger partial charge in [-0.15, -0.1) is 24.0 Å². The summed E-state index contributed by atoms with van der Waals surface area (Å²) in [6.07, 6.45) is 5.35. The molecule has 2 aromatic heterocycles. The third-order valence-corrected chi connectivity index (χ3v) is 4.27. The van der Waals surface area contributed by atoms with Crippen LogP contribution in [0.5, 0.6) is 0 Å². The second kappa shape index (κ2) is 8.97. The maximum atomic E-state index is 12.5. The van der Waals surface area contributed by atoms with Crippen LogP contribution in [0, 0.1) is 6.92 Å². The molecule has 9 heteroatoms. The van der Waals surface area contributed by atoms with Gasteiger partial charge in [-0.25, -0.2) is 0 Å². The minimum atomic E-state index is 0. The maximum Gasteiger partial charge on any atom is 0.246 e. The first-order chi connectivity index (χ1) is 12.1. The van der Waals surface area contributed by atoms with Gasteiger partial charge in [0.25, 0.3) is 0 Å². The van der Waals surface area contributed by atoms with Gasteiger partial charge in [-0.3, -0.25) is 19.5 Å². The van der Waals surface area contributed by atoms with Gasteiger partial charge >= 0.3 is 0 Å². The number of aromatic nitrogens is 3. The number of nitrogens with one attached hydrogen (secondary N) is 1. The van der Waals surface area contributed by atoms with E-state index in [1.165, 1.54) is 0 Å². The number of hydrogen-bond acceptors (Lipinski definition) is 4. The van der Waals surface area contributed by atoms with Crippen molar-refractivity contribution in [3.8, 4) is 0 Å². The lowest BCUT2D eigenvalue weighted by molar-refractivity contribution is -0.120. The van der Waals surface area contributed by atoms with Gasteiger partial charge in [-0.1, -0.05) is 6.07 Å². The monoisotopic (exact) mass is 469 g/mol. The van der Waals surface area contributed by atoms with E-state index in [0.29, 0.717) is 25.6 Å². The normalized spacial score (nSPS) is 15.0. The first-order valence-corrected chi connectivity index (χ1v) is 8.23. The Hall–Kier alpha value is -2.17. The van der Waals surface area contributed by atoms with E-state index in [-0.39, 0.29) is 36.4 Å². The molecule has 1 N–H and O–H groups in total. The van der Waals surface area contributed by atoms with E-state index >= 15 is 0 Å². The molecule has 8 nitrogen and oxygen atoms in total. The number of carbonyl (C=O) groups is 1.